The van der Waals surface area contributed by atoms with Crippen LogP contribution >= 0.6 is 0 Å². The number of aliphatic hydroxyl groups excluding tert-OH is 1. The molecule has 2 unspecified atom stereocenters. The molecule has 1 saturated heterocycles. The lowest BCUT2D eigenvalue weighted by Gasteiger charge is -2.35. The molecule has 1 rings (SSSR count). The van der Waals surface area contributed by atoms with Gasteiger partial charge in [0.15, 0.2) is 0 Å². The molecule has 0 spiro atoms. The van der Waals surface area contributed by atoms with Crippen molar-refractivity contribution in [1.29, 1.82) is 0 Å². The van der Waals surface area contributed by atoms with E-state index in [1.54, 1.807) is 0 Å². The van der Waals surface area contributed by atoms with Gasteiger partial charge in [0.2, 0.25) is 0 Å². The van der Waals surface area contributed by atoms with Crippen LogP contribution in [0.25, 0.3) is 0 Å². The van der Waals surface area contributed by atoms with E-state index in [4.69, 9.17) is 0 Å². The molecule has 3 nitrogen and oxygen atoms in total. The second-order valence-electron chi connectivity index (χ2n) is 3.74. The Morgan fingerprint density at radius 1 is 1.58 bits per heavy atom. The zero-order valence-electron chi connectivity index (χ0n) is 7.73. The highest BCUT2D eigenvalue weighted by molar-refractivity contribution is 5.54. The lowest BCUT2D eigenvalue weighted by Crippen LogP contribution is -2.47. The molecule has 1 N–H and O–H groups in total. The fourth-order valence-electron chi connectivity index (χ4n) is 1.60. The zero-order chi connectivity index (χ0) is 9.14. The molecule has 0 aliphatic carbocycles. The highest BCUT2D eigenvalue weighted by Gasteiger charge is 2.27. The van der Waals surface area contributed by atoms with Crippen LogP contribution < -0.4 is 0 Å². The predicted molar refractivity (Wildman–Crippen MR) is 46.9 cm³/mol. The Labute approximate surface area is 73.4 Å². The minimum atomic E-state index is -0.460. The van der Waals surface area contributed by atoms with Gasteiger partial charge in [-0.1, -0.05) is 0 Å². The van der Waals surface area contributed by atoms with Crippen molar-refractivity contribution < 1.29 is 9.90 Å². The van der Waals surface area contributed by atoms with Crippen molar-refractivity contribution in [3.63, 3.8) is 0 Å². The smallest absolute Gasteiger partial charge is 0.125 e. The summed E-state index contributed by atoms with van der Waals surface area (Å²) in [6.45, 7) is 5.78. The number of likely N-dealkylation sites (tertiary alicyclic amines) is 1. The maximum absolute atomic E-state index is 10.5. The first-order chi connectivity index (χ1) is 5.65. The van der Waals surface area contributed by atoms with Crippen molar-refractivity contribution in [2.24, 2.45) is 5.92 Å². The van der Waals surface area contributed by atoms with E-state index in [1.807, 2.05) is 0 Å². The molecular formula is C9H17NO2. The van der Waals surface area contributed by atoms with E-state index in [1.165, 1.54) is 0 Å². The minimum Gasteiger partial charge on any atom is -0.391 e. The number of carbonyl (C=O) groups is 1. The Bertz CT molecular complexity index is 159. The number of aliphatic hydroxyl groups is 1. The first-order valence-electron chi connectivity index (χ1n) is 4.52. The van der Waals surface area contributed by atoms with Crippen LogP contribution in [0.4, 0.5) is 0 Å². The molecule has 1 heterocycles. The first kappa shape index (κ1) is 9.68. The third-order valence-corrected chi connectivity index (χ3v) is 2.57. The second-order valence-corrected chi connectivity index (χ2v) is 3.74. The number of piperidine rings is 1. The molecule has 0 bridgehead atoms. The monoisotopic (exact) mass is 171 g/mol. The van der Waals surface area contributed by atoms with Crippen LogP contribution in [0.15, 0.2) is 0 Å². The van der Waals surface area contributed by atoms with Crippen molar-refractivity contribution in [3.8, 4) is 0 Å². The molecule has 70 valence electrons. The van der Waals surface area contributed by atoms with Crippen LogP contribution in [-0.2, 0) is 4.79 Å². The Hall–Kier alpha value is -0.410. The largest absolute Gasteiger partial charge is 0.391 e. The molecule has 0 radical (unpaired) electrons. The third kappa shape index (κ3) is 2.05. The van der Waals surface area contributed by atoms with E-state index in [0.717, 1.165) is 19.3 Å². The average Bonchev–Trinajstić information content (AvgIpc) is 2.04. The van der Waals surface area contributed by atoms with Crippen LogP contribution in [0.1, 0.15) is 20.3 Å². The second kappa shape index (κ2) is 4.01. The van der Waals surface area contributed by atoms with Gasteiger partial charge in [-0.05, 0) is 26.8 Å². The van der Waals surface area contributed by atoms with Gasteiger partial charge in [-0.3, -0.25) is 4.90 Å². The summed E-state index contributed by atoms with van der Waals surface area (Å²) in [4.78, 5) is 12.7. The lowest BCUT2D eigenvalue weighted by molar-refractivity contribution is -0.117. The summed E-state index contributed by atoms with van der Waals surface area (Å²) in [6.07, 6.45) is 1.21. The molecule has 0 amide bonds. The summed E-state index contributed by atoms with van der Waals surface area (Å²) in [5.74, 6) is -0.139. The van der Waals surface area contributed by atoms with E-state index in [2.05, 4.69) is 18.7 Å². The Morgan fingerprint density at radius 3 is 2.67 bits per heavy atom. The van der Waals surface area contributed by atoms with Crippen LogP contribution in [0.2, 0.25) is 0 Å². The summed E-state index contributed by atoms with van der Waals surface area (Å²) in [7, 11) is 0. The number of rotatable bonds is 2. The van der Waals surface area contributed by atoms with Crippen molar-refractivity contribution in [3.05, 3.63) is 0 Å². The normalized spacial score (nSPS) is 32.3. The number of aldehydes is 1. The number of hydrogen-bond donors (Lipinski definition) is 1. The van der Waals surface area contributed by atoms with Gasteiger partial charge in [0.25, 0.3) is 0 Å². The van der Waals surface area contributed by atoms with Gasteiger partial charge >= 0.3 is 0 Å². The standard InChI is InChI=1S/C9H17NO2/c1-7(2)10-4-3-8(6-11)9(12)5-10/h6-9,12H,3-5H2,1-2H3. The molecular weight excluding hydrogens is 154 g/mol. The van der Waals surface area contributed by atoms with Crippen LogP contribution in [-0.4, -0.2) is 41.5 Å². The third-order valence-electron chi connectivity index (χ3n) is 2.57. The van der Waals surface area contributed by atoms with Gasteiger partial charge < -0.3 is 9.90 Å². The topological polar surface area (TPSA) is 40.5 Å². The maximum atomic E-state index is 10.5. The Morgan fingerprint density at radius 2 is 2.25 bits per heavy atom. The van der Waals surface area contributed by atoms with Gasteiger partial charge in [-0.15, -0.1) is 0 Å². The zero-order valence-corrected chi connectivity index (χ0v) is 7.73. The Kier molecular flexibility index (Phi) is 3.23. The molecule has 12 heavy (non-hydrogen) atoms. The van der Waals surface area contributed by atoms with Gasteiger partial charge in [0.1, 0.15) is 6.29 Å². The number of β-amino-alcohol motifs (C(OH)–C–C–N with tert-alkyl or cyclic N) is 1. The predicted octanol–water partition coefficient (Wildman–Crippen LogP) is 0.277. The van der Waals surface area contributed by atoms with E-state index in [0.29, 0.717) is 12.6 Å². The summed E-state index contributed by atoms with van der Waals surface area (Å²) < 4.78 is 0. The SMILES string of the molecule is CC(C)N1CCC(C=O)C(O)C1. The average molecular weight is 171 g/mol. The van der Waals surface area contributed by atoms with E-state index in [9.17, 15) is 9.90 Å². The molecule has 1 aliphatic heterocycles. The van der Waals surface area contributed by atoms with Gasteiger partial charge in [-0.25, -0.2) is 0 Å². The van der Waals surface area contributed by atoms with Gasteiger partial charge in [0, 0.05) is 18.5 Å². The molecule has 1 aliphatic rings. The molecule has 3 heteroatoms. The van der Waals surface area contributed by atoms with Crippen LogP contribution in [0, 0.1) is 5.92 Å². The fourth-order valence-corrected chi connectivity index (χ4v) is 1.60. The molecule has 0 aromatic rings. The molecule has 2 atom stereocenters. The van der Waals surface area contributed by atoms with E-state index >= 15 is 0 Å². The van der Waals surface area contributed by atoms with Crippen LogP contribution in [0.3, 0.4) is 0 Å². The first-order valence-corrected chi connectivity index (χ1v) is 4.52. The van der Waals surface area contributed by atoms with E-state index < -0.39 is 6.10 Å². The number of hydrogen-bond acceptors (Lipinski definition) is 3. The van der Waals surface area contributed by atoms with Crippen molar-refractivity contribution in [2.45, 2.75) is 32.4 Å². The summed E-state index contributed by atoms with van der Waals surface area (Å²) in [5.41, 5.74) is 0. The number of carbonyl (C=O) groups excluding carboxylic acids is 1. The molecule has 0 aromatic carbocycles. The molecule has 0 aromatic heterocycles. The van der Waals surface area contributed by atoms with Crippen molar-refractivity contribution in [1.82, 2.24) is 4.90 Å². The van der Waals surface area contributed by atoms with Crippen molar-refractivity contribution in [2.75, 3.05) is 13.1 Å². The van der Waals surface area contributed by atoms with E-state index in [-0.39, 0.29) is 5.92 Å². The Balaban J connectivity index is 2.45. The maximum Gasteiger partial charge on any atom is 0.125 e. The minimum absolute atomic E-state index is 0.139. The van der Waals surface area contributed by atoms with Gasteiger partial charge in [0.05, 0.1) is 6.10 Å². The molecule has 0 saturated carbocycles. The summed E-state index contributed by atoms with van der Waals surface area (Å²) >= 11 is 0. The number of nitrogens with zero attached hydrogens (tertiary/aromatic N) is 1. The van der Waals surface area contributed by atoms with Crippen molar-refractivity contribution >= 4 is 6.29 Å². The fraction of sp³-hybridized carbons (Fsp3) is 0.889. The highest BCUT2D eigenvalue weighted by atomic mass is 16.3. The summed E-state index contributed by atoms with van der Waals surface area (Å²) in [5, 5.41) is 9.52. The molecule has 1 fully saturated rings. The highest BCUT2D eigenvalue weighted by Crippen LogP contribution is 2.17. The van der Waals surface area contributed by atoms with Crippen LogP contribution in [0.5, 0.6) is 0 Å². The van der Waals surface area contributed by atoms with Gasteiger partial charge in [-0.2, -0.15) is 0 Å². The lowest BCUT2D eigenvalue weighted by atomic mass is 9.95. The summed E-state index contributed by atoms with van der Waals surface area (Å²) in [6, 6.07) is 0.465. The quantitative estimate of drug-likeness (QED) is 0.606.